The van der Waals surface area contributed by atoms with E-state index in [-0.39, 0.29) is 12.2 Å². The second-order valence-electron chi connectivity index (χ2n) is 3.74. The van der Waals surface area contributed by atoms with Crippen molar-refractivity contribution in [1.82, 2.24) is 0 Å². The lowest BCUT2D eigenvalue weighted by Crippen LogP contribution is -1.94. The fourth-order valence-corrected chi connectivity index (χ4v) is 1.47. The molecular weight excluding hydrogens is 231 g/mol. The molecule has 3 nitrogen and oxygen atoms in total. The molecule has 0 aliphatic heterocycles. The molecule has 0 aliphatic rings. The van der Waals surface area contributed by atoms with Gasteiger partial charge in [0.1, 0.15) is 5.82 Å². The molecule has 2 N–H and O–H groups in total. The number of hydrogen-bond acceptors (Lipinski definition) is 3. The molecule has 0 aromatic heterocycles. The van der Waals surface area contributed by atoms with Crippen LogP contribution in [0.4, 0.5) is 10.1 Å². The number of para-hydroxylation sites is 1. The molecule has 92 valence electrons. The summed E-state index contributed by atoms with van der Waals surface area (Å²) in [5.41, 5.74) is 4.61. The molecule has 2 aromatic rings. The average molecular weight is 244 g/mol. The van der Waals surface area contributed by atoms with Gasteiger partial charge >= 0.3 is 0 Å². The van der Waals surface area contributed by atoms with Crippen LogP contribution in [0.25, 0.3) is 0 Å². The molecule has 0 radical (unpaired) electrons. The van der Waals surface area contributed by atoms with Gasteiger partial charge in [-0.3, -0.25) is 5.43 Å². The molecule has 0 atom stereocenters. The van der Waals surface area contributed by atoms with Crippen LogP contribution < -0.4 is 5.43 Å². The molecule has 0 spiro atoms. The summed E-state index contributed by atoms with van der Waals surface area (Å²) in [5, 5.41) is 12.9. The van der Waals surface area contributed by atoms with E-state index in [0.717, 1.165) is 5.69 Å². The molecule has 0 heterocycles. The summed E-state index contributed by atoms with van der Waals surface area (Å²) in [6, 6.07) is 14.0. The van der Waals surface area contributed by atoms with Crippen molar-refractivity contribution in [3.05, 3.63) is 65.5 Å². The highest BCUT2D eigenvalue weighted by molar-refractivity contribution is 5.80. The highest BCUT2D eigenvalue weighted by Gasteiger charge is 2.00. The topological polar surface area (TPSA) is 44.6 Å². The van der Waals surface area contributed by atoms with Crippen LogP contribution in [0, 0.1) is 5.82 Å². The Hall–Kier alpha value is -2.20. The van der Waals surface area contributed by atoms with Crippen molar-refractivity contribution in [3.63, 3.8) is 0 Å². The van der Waals surface area contributed by atoms with E-state index in [1.54, 1.807) is 12.1 Å². The summed E-state index contributed by atoms with van der Waals surface area (Å²) in [4.78, 5) is 0. The molecule has 0 amide bonds. The quantitative estimate of drug-likeness (QED) is 0.641. The number of benzene rings is 2. The van der Waals surface area contributed by atoms with Crippen molar-refractivity contribution >= 4 is 11.9 Å². The van der Waals surface area contributed by atoms with Crippen molar-refractivity contribution in [2.24, 2.45) is 5.10 Å². The summed E-state index contributed by atoms with van der Waals surface area (Å²) in [7, 11) is 0. The van der Waals surface area contributed by atoms with E-state index in [4.69, 9.17) is 5.11 Å². The van der Waals surface area contributed by atoms with E-state index in [2.05, 4.69) is 10.5 Å². The van der Waals surface area contributed by atoms with Gasteiger partial charge in [0.25, 0.3) is 0 Å². The minimum Gasteiger partial charge on any atom is -0.392 e. The summed E-state index contributed by atoms with van der Waals surface area (Å²) < 4.78 is 13.4. The number of halogens is 1. The molecule has 2 rings (SSSR count). The Morgan fingerprint density at radius 1 is 1.17 bits per heavy atom. The molecule has 4 heteroatoms. The lowest BCUT2D eigenvalue weighted by molar-refractivity contribution is 0.276. The van der Waals surface area contributed by atoms with Gasteiger partial charge in [-0.15, -0.1) is 0 Å². The van der Waals surface area contributed by atoms with Gasteiger partial charge in [-0.2, -0.15) is 5.10 Å². The minimum absolute atomic E-state index is 0.281. The van der Waals surface area contributed by atoms with Gasteiger partial charge < -0.3 is 5.11 Å². The van der Waals surface area contributed by atoms with E-state index in [1.807, 2.05) is 30.3 Å². The van der Waals surface area contributed by atoms with Crippen LogP contribution in [0.3, 0.4) is 0 Å². The van der Waals surface area contributed by atoms with Gasteiger partial charge in [-0.25, -0.2) is 4.39 Å². The number of nitrogens with one attached hydrogen (secondary N) is 1. The molecule has 0 bridgehead atoms. The first-order chi connectivity index (χ1) is 8.79. The number of aliphatic hydroxyl groups excluding tert-OH is 1. The Morgan fingerprint density at radius 3 is 2.61 bits per heavy atom. The predicted octanol–water partition coefficient (Wildman–Crippen LogP) is 2.76. The average Bonchev–Trinajstić information content (AvgIpc) is 2.40. The molecular formula is C14H13FN2O. The predicted molar refractivity (Wildman–Crippen MR) is 70.0 cm³/mol. The Morgan fingerprint density at radius 2 is 1.94 bits per heavy atom. The maximum absolute atomic E-state index is 13.4. The molecule has 2 aromatic carbocycles. The molecule has 0 aliphatic carbocycles. The first-order valence-electron chi connectivity index (χ1n) is 5.53. The monoisotopic (exact) mass is 244 g/mol. The first-order valence-corrected chi connectivity index (χ1v) is 5.53. The van der Waals surface area contributed by atoms with Gasteiger partial charge in [0.2, 0.25) is 0 Å². The fraction of sp³-hybridized carbons (Fsp3) is 0.0714. The zero-order valence-corrected chi connectivity index (χ0v) is 9.68. The van der Waals surface area contributed by atoms with Gasteiger partial charge in [-0.05, 0) is 23.8 Å². The van der Waals surface area contributed by atoms with Crippen molar-refractivity contribution in [2.75, 3.05) is 5.43 Å². The van der Waals surface area contributed by atoms with Gasteiger partial charge in [-0.1, -0.05) is 30.3 Å². The maximum Gasteiger partial charge on any atom is 0.129 e. The Balaban J connectivity index is 2.03. The van der Waals surface area contributed by atoms with Crippen LogP contribution in [0.1, 0.15) is 11.1 Å². The summed E-state index contributed by atoms with van der Waals surface area (Å²) in [5.74, 6) is -0.429. The summed E-state index contributed by atoms with van der Waals surface area (Å²) in [6.45, 7) is -0.300. The van der Waals surface area contributed by atoms with Crippen molar-refractivity contribution in [1.29, 1.82) is 0 Å². The largest absolute Gasteiger partial charge is 0.392 e. The molecule has 18 heavy (non-hydrogen) atoms. The third-order valence-electron chi connectivity index (χ3n) is 2.43. The standard InChI is InChI=1S/C14H13FN2O/c15-14-8-11(6-7-12(14)10-18)9-16-17-13-4-2-1-3-5-13/h1-9,17-18H,10H2. The van der Waals surface area contributed by atoms with Crippen LogP contribution in [-0.4, -0.2) is 11.3 Å². The number of anilines is 1. The Labute approximate surface area is 105 Å². The Kier molecular flexibility index (Phi) is 4.04. The molecule has 0 saturated heterocycles. The minimum atomic E-state index is -0.429. The van der Waals surface area contributed by atoms with E-state index in [0.29, 0.717) is 5.56 Å². The number of hydrazone groups is 1. The molecule has 0 fully saturated rings. The lowest BCUT2D eigenvalue weighted by atomic mass is 10.1. The van der Waals surface area contributed by atoms with E-state index < -0.39 is 5.82 Å². The summed E-state index contributed by atoms with van der Waals surface area (Å²) in [6.07, 6.45) is 1.53. The number of rotatable bonds is 4. The maximum atomic E-state index is 13.4. The third kappa shape index (κ3) is 3.15. The lowest BCUT2D eigenvalue weighted by Gasteiger charge is -2.01. The normalized spacial score (nSPS) is 10.8. The fourth-order valence-electron chi connectivity index (χ4n) is 1.47. The van der Waals surface area contributed by atoms with Gasteiger partial charge in [0, 0.05) is 5.56 Å². The Bertz CT molecular complexity index is 541. The van der Waals surface area contributed by atoms with Crippen LogP contribution in [0.15, 0.2) is 53.6 Å². The zero-order chi connectivity index (χ0) is 12.8. The number of hydrogen-bond donors (Lipinski definition) is 2. The van der Waals surface area contributed by atoms with E-state index in [1.165, 1.54) is 12.3 Å². The van der Waals surface area contributed by atoms with Gasteiger partial charge in [0.15, 0.2) is 0 Å². The van der Waals surface area contributed by atoms with Crippen LogP contribution in [-0.2, 0) is 6.61 Å². The number of nitrogens with zero attached hydrogens (tertiary/aromatic N) is 1. The smallest absolute Gasteiger partial charge is 0.129 e. The van der Waals surface area contributed by atoms with Gasteiger partial charge in [0.05, 0.1) is 18.5 Å². The third-order valence-corrected chi connectivity index (χ3v) is 2.43. The van der Waals surface area contributed by atoms with E-state index in [9.17, 15) is 4.39 Å². The highest BCUT2D eigenvalue weighted by atomic mass is 19.1. The van der Waals surface area contributed by atoms with E-state index >= 15 is 0 Å². The van der Waals surface area contributed by atoms with Crippen molar-refractivity contribution < 1.29 is 9.50 Å². The van der Waals surface area contributed by atoms with Crippen molar-refractivity contribution in [2.45, 2.75) is 6.61 Å². The molecule has 0 saturated carbocycles. The van der Waals surface area contributed by atoms with Crippen molar-refractivity contribution in [3.8, 4) is 0 Å². The SMILES string of the molecule is OCc1ccc(C=NNc2ccccc2)cc1F. The highest BCUT2D eigenvalue weighted by Crippen LogP contribution is 2.09. The first kappa shape index (κ1) is 12.3. The second-order valence-corrected chi connectivity index (χ2v) is 3.74. The van der Waals surface area contributed by atoms with Crippen LogP contribution in [0.2, 0.25) is 0 Å². The summed E-state index contributed by atoms with van der Waals surface area (Å²) >= 11 is 0. The van der Waals surface area contributed by atoms with Crippen LogP contribution in [0.5, 0.6) is 0 Å². The van der Waals surface area contributed by atoms with Crippen LogP contribution >= 0.6 is 0 Å². The number of aliphatic hydroxyl groups is 1. The zero-order valence-electron chi connectivity index (χ0n) is 9.68. The molecule has 0 unspecified atom stereocenters. The second kappa shape index (κ2) is 5.93.